The minimum absolute atomic E-state index is 0.246. The van der Waals surface area contributed by atoms with Gasteiger partial charge in [-0.1, -0.05) is 12.1 Å². The van der Waals surface area contributed by atoms with Crippen molar-refractivity contribution in [3.05, 3.63) is 87.1 Å². The average molecular weight is 417 g/mol. The fraction of sp³-hybridized carbons (Fsp3) is 0.227. The fourth-order valence-corrected chi connectivity index (χ4v) is 4.55. The molecular formula is C22H18F3NO2S. The summed E-state index contributed by atoms with van der Waals surface area (Å²) in [5.41, 5.74) is 1.48. The molecule has 0 aliphatic carbocycles. The molecule has 3 aromatic rings. The van der Waals surface area contributed by atoms with Crippen LogP contribution in [0.15, 0.2) is 60.0 Å². The first kappa shape index (κ1) is 19.5. The van der Waals surface area contributed by atoms with E-state index in [1.807, 2.05) is 35.7 Å². The lowest BCUT2D eigenvalue weighted by Crippen LogP contribution is -2.40. The number of ether oxygens (including phenoxy) is 1. The summed E-state index contributed by atoms with van der Waals surface area (Å²) in [4.78, 5) is 16.2. The fourth-order valence-electron chi connectivity index (χ4n) is 3.65. The Bertz CT molecular complexity index is 1010. The third kappa shape index (κ3) is 3.74. The number of alkyl halides is 3. The van der Waals surface area contributed by atoms with Gasteiger partial charge in [-0.3, -0.25) is 4.79 Å². The zero-order valence-corrected chi connectivity index (χ0v) is 16.4. The maximum absolute atomic E-state index is 13.2. The van der Waals surface area contributed by atoms with E-state index >= 15 is 0 Å². The van der Waals surface area contributed by atoms with Gasteiger partial charge in [0.2, 0.25) is 0 Å². The number of carbonyl (C=O) groups excluding carboxylic acids is 1. The highest BCUT2D eigenvalue weighted by Crippen LogP contribution is 2.39. The van der Waals surface area contributed by atoms with E-state index in [0.717, 1.165) is 35.4 Å². The molecule has 150 valence electrons. The molecule has 0 N–H and O–H groups in total. The number of nitrogens with zero attached hydrogens (tertiary/aromatic N) is 1. The summed E-state index contributed by atoms with van der Waals surface area (Å²) in [5, 5.41) is 2.01. The molecule has 1 aliphatic rings. The molecule has 1 aromatic heterocycles. The Balaban J connectivity index is 1.70. The molecule has 7 heteroatoms. The van der Waals surface area contributed by atoms with Gasteiger partial charge in [-0.2, -0.15) is 13.2 Å². The average Bonchev–Trinajstić information content (AvgIpc) is 3.21. The number of amides is 1. The van der Waals surface area contributed by atoms with Gasteiger partial charge in [0.15, 0.2) is 0 Å². The van der Waals surface area contributed by atoms with E-state index in [1.165, 1.54) is 17.0 Å². The third-order valence-electron chi connectivity index (χ3n) is 5.12. The molecule has 1 atom stereocenters. The molecule has 0 saturated heterocycles. The lowest BCUT2D eigenvalue weighted by molar-refractivity contribution is -0.137. The van der Waals surface area contributed by atoms with Gasteiger partial charge in [-0.05, 0) is 65.4 Å². The molecule has 0 saturated carbocycles. The summed E-state index contributed by atoms with van der Waals surface area (Å²) in [6.07, 6.45) is -3.70. The SMILES string of the molecule is COc1ccc(C2c3ccsc3CCN2C(=O)c2ccc(C(F)(F)F)cc2)cc1. The van der Waals surface area contributed by atoms with Gasteiger partial charge < -0.3 is 9.64 Å². The molecule has 0 radical (unpaired) electrons. The summed E-state index contributed by atoms with van der Waals surface area (Å²) in [6, 6.07) is 13.7. The normalized spacial score (nSPS) is 16.4. The highest BCUT2D eigenvalue weighted by Gasteiger charge is 2.34. The van der Waals surface area contributed by atoms with Crippen molar-refractivity contribution >= 4 is 17.2 Å². The summed E-state index contributed by atoms with van der Waals surface area (Å²) in [7, 11) is 1.59. The number of fused-ring (bicyclic) bond motifs is 1. The molecule has 1 unspecified atom stereocenters. The quantitative estimate of drug-likeness (QED) is 0.558. The van der Waals surface area contributed by atoms with E-state index in [2.05, 4.69) is 0 Å². The van der Waals surface area contributed by atoms with Crippen molar-refractivity contribution in [3.8, 4) is 5.75 Å². The predicted octanol–water partition coefficient (Wildman–Crippen LogP) is 5.56. The van der Waals surface area contributed by atoms with Crippen LogP contribution in [0.25, 0.3) is 0 Å². The van der Waals surface area contributed by atoms with Gasteiger partial charge in [0, 0.05) is 17.0 Å². The Labute approximate surface area is 170 Å². The van der Waals surface area contributed by atoms with Crippen molar-refractivity contribution in [2.45, 2.75) is 18.6 Å². The van der Waals surface area contributed by atoms with Crippen LogP contribution < -0.4 is 4.74 Å². The lowest BCUT2D eigenvalue weighted by atomic mass is 9.92. The van der Waals surface area contributed by atoms with Crippen LogP contribution in [0.1, 0.15) is 38.0 Å². The monoisotopic (exact) mass is 417 g/mol. The van der Waals surface area contributed by atoms with Crippen LogP contribution in [0.4, 0.5) is 13.2 Å². The van der Waals surface area contributed by atoms with Gasteiger partial charge in [-0.15, -0.1) is 11.3 Å². The van der Waals surface area contributed by atoms with Crippen LogP contribution in [-0.2, 0) is 12.6 Å². The van der Waals surface area contributed by atoms with Crippen molar-refractivity contribution in [2.75, 3.05) is 13.7 Å². The molecule has 1 amide bonds. The number of carbonyl (C=O) groups is 1. The molecule has 0 bridgehead atoms. The van der Waals surface area contributed by atoms with E-state index in [9.17, 15) is 18.0 Å². The Hall–Kier alpha value is -2.80. The van der Waals surface area contributed by atoms with E-state index < -0.39 is 11.7 Å². The molecule has 1 aliphatic heterocycles. The maximum atomic E-state index is 13.2. The van der Waals surface area contributed by atoms with E-state index in [0.29, 0.717) is 6.54 Å². The summed E-state index contributed by atoms with van der Waals surface area (Å²) in [5.74, 6) is 0.437. The van der Waals surface area contributed by atoms with Crippen LogP contribution in [0.5, 0.6) is 5.75 Å². The largest absolute Gasteiger partial charge is 0.497 e. The predicted molar refractivity (Wildman–Crippen MR) is 105 cm³/mol. The Morgan fingerprint density at radius 1 is 1.07 bits per heavy atom. The Morgan fingerprint density at radius 3 is 2.38 bits per heavy atom. The second-order valence-corrected chi connectivity index (χ2v) is 7.80. The first-order chi connectivity index (χ1) is 13.9. The van der Waals surface area contributed by atoms with E-state index in [1.54, 1.807) is 23.3 Å². The Kier molecular flexibility index (Phi) is 5.08. The highest BCUT2D eigenvalue weighted by molar-refractivity contribution is 7.10. The van der Waals surface area contributed by atoms with Crippen LogP contribution in [-0.4, -0.2) is 24.5 Å². The number of thiophene rings is 1. The minimum atomic E-state index is -4.43. The molecule has 2 heterocycles. The molecular weight excluding hydrogens is 399 g/mol. The second kappa shape index (κ2) is 7.55. The number of halogens is 3. The zero-order chi connectivity index (χ0) is 20.6. The first-order valence-corrected chi connectivity index (χ1v) is 9.95. The Morgan fingerprint density at radius 2 is 1.76 bits per heavy atom. The number of rotatable bonds is 3. The molecule has 0 fully saturated rings. The first-order valence-electron chi connectivity index (χ1n) is 9.07. The van der Waals surface area contributed by atoms with Gasteiger partial charge in [0.1, 0.15) is 5.75 Å². The molecule has 29 heavy (non-hydrogen) atoms. The number of hydrogen-bond acceptors (Lipinski definition) is 3. The van der Waals surface area contributed by atoms with Crippen molar-refractivity contribution in [3.63, 3.8) is 0 Å². The smallest absolute Gasteiger partial charge is 0.416 e. The molecule has 2 aromatic carbocycles. The minimum Gasteiger partial charge on any atom is -0.497 e. The van der Waals surface area contributed by atoms with Gasteiger partial charge in [0.25, 0.3) is 5.91 Å². The standard InChI is InChI=1S/C22H18F3NO2S/c1-28-17-8-4-14(5-9-17)20-18-11-13-29-19(18)10-12-26(20)21(27)15-2-6-16(7-3-15)22(23,24)25/h2-9,11,13,20H,10,12H2,1H3. The third-order valence-corrected chi connectivity index (χ3v) is 6.11. The van der Waals surface area contributed by atoms with Crippen LogP contribution in [0, 0.1) is 0 Å². The molecule has 4 rings (SSSR count). The summed E-state index contributed by atoms with van der Waals surface area (Å²) in [6.45, 7) is 0.504. The van der Waals surface area contributed by atoms with Crippen molar-refractivity contribution < 1.29 is 22.7 Å². The number of methoxy groups -OCH3 is 1. The van der Waals surface area contributed by atoms with Gasteiger partial charge in [0.05, 0.1) is 18.7 Å². The van der Waals surface area contributed by atoms with Crippen LogP contribution in [0.3, 0.4) is 0 Å². The molecule has 0 spiro atoms. The van der Waals surface area contributed by atoms with Crippen molar-refractivity contribution in [2.24, 2.45) is 0 Å². The van der Waals surface area contributed by atoms with Crippen molar-refractivity contribution in [1.82, 2.24) is 4.90 Å². The highest BCUT2D eigenvalue weighted by atomic mass is 32.1. The summed E-state index contributed by atoms with van der Waals surface area (Å²) < 4.78 is 43.8. The van der Waals surface area contributed by atoms with Gasteiger partial charge >= 0.3 is 6.18 Å². The van der Waals surface area contributed by atoms with Crippen molar-refractivity contribution in [1.29, 1.82) is 0 Å². The van der Waals surface area contributed by atoms with Crippen LogP contribution in [0.2, 0.25) is 0 Å². The van der Waals surface area contributed by atoms with Gasteiger partial charge in [-0.25, -0.2) is 0 Å². The topological polar surface area (TPSA) is 29.5 Å². The zero-order valence-electron chi connectivity index (χ0n) is 15.6. The maximum Gasteiger partial charge on any atom is 0.416 e. The molecule has 3 nitrogen and oxygen atoms in total. The van der Waals surface area contributed by atoms with Crippen LogP contribution >= 0.6 is 11.3 Å². The number of hydrogen-bond donors (Lipinski definition) is 0. The lowest BCUT2D eigenvalue weighted by Gasteiger charge is -2.36. The second-order valence-electron chi connectivity index (χ2n) is 6.80. The number of benzene rings is 2. The summed E-state index contributed by atoms with van der Waals surface area (Å²) >= 11 is 1.66. The van der Waals surface area contributed by atoms with E-state index in [-0.39, 0.29) is 17.5 Å². The van der Waals surface area contributed by atoms with E-state index in [4.69, 9.17) is 4.74 Å².